The van der Waals surface area contributed by atoms with Gasteiger partial charge in [-0.1, -0.05) is 12.5 Å². The lowest BCUT2D eigenvalue weighted by Crippen LogP contribution is -2.31. The molecule has 0 heterocycles. The van der Waals surface area contributed by atoms with Gasteiger partial charge >= 0.3 is 5.97 Å². The number of amides is 1. The fraction of sp³-hybridized carbons (Fsp3) is 0.467. The van der Waals surface area contributed by atoms with Gasteiger partial charge in [0.05, 0.1) is 22.1 Å². The number of nitrogens with zero attached hydrogens (tertiary/aromatic N) is 1. The number of aliphatic carboxylic acids is 1. The van der Waals surface area contributed by atoms with E-state index >= 15 is 0 Å². The van der Waals surface area contributed by atoms with Gasteiger partial charge in [0.25, 0.3) is 5.69 Å². The highest BCUT2D eigenvalue weighted by Crippen LogP contribution is 2.31. The molecule has 1 aromatic rings. The minimum atomic E-state index is -0.871. The van der Waals surface area contributed by atoms with Gasteiger partial charge in [0.2, 0.25) is 5.91 Å². The number of nitrogens with one attached hydrogen (secondary N) is 1. The quantitative estimate of drug-likeness (QED) is 0.656. The molecule has 2 N–H and O–H groups in total. The lowest BCUT2D eigenvalue weighted by atomic mass is 9.81. The Hall–Kier alpha value is -2.44. The van der Waals surface area contributed by atoms with E-state index in [0.29, 0.717) is 36.9 Å². The molecule has 0 spiro atoms. The molecule has 0 radical (unpaired) electrons. The number of carbonyl (C=O) groups is 2. The van der Waals surface area contributed by atoms with Crippen LogP contribution in [0.3, 0.4) is 0 Å². The van der Waals surface area contributed by atoms with Crippen LogP contribution < -0.4 is 5.32 Å². The molecule has 22 heavy (non-hydrogen) atoms. The fourth-order valence-corrected chi connectivity index (χ4v) is 2.84. The molecule has 118 valence electrons. The molecule has 0 aliphatic heterocycles. The molecule has 2 unspecified atom stereocenters. The van der Waals surface area contributed by atoms with Crippen molar-refractivity contribution >= 4 is 23.3 Å². The molecule has 7 heteroatoms. The molecule has 1 amide bonds. The predicted molar refractivity (Wildman–Crippen MR) is 79.5 cm³/mol. The van der Waals surface area contributed by atoms with E-state index in [0.717, 1.165) is 0 Å². The normalized spacial score (nSPS) is 21.1. The zero-order chi connectivity index (χ0) is 16.3. The Labute approximate surface area is 127 Å². The van der Waals surface area contributed by atoms with Crippen molar-refractivity contribution in [2.45, 2.75) is 32.6 Å². The van der Waals surface area contributed by atoms with Gasteiger partial charge in [0, 0.05) is 12.0 Å². The van der Waals surface area contributed by atoms with Crippen LogP contribution in [0.5, 0.6) is 0 Å². The largest absolute Gasteiger partial charge is 0.481 e. The molecule has 0 bridgehead atoms. The SMILES string of the molecule is Cc1c(NC(=O)C2CCCC(C(=O)O)C2)cccc1[N+](=O)[O-]. The van der Waals surface area contributed by atoms with Crippen molar-refractivity contribution < 1.29 is 19.6 Å². The molecule has 0 saturated heterocycles. The van der Waals surface area contributed by atoms with E-state index < -0.39 is 16.8 Å². The molecular weight excluding hydrogens is 288 g/mol. The summed E-state index contributed by atoms with van der Waals surface area (Å²) >= 11 is 0. The van der Waals surface area contributed by atoms with Crippen LogP contribution in [0.4, 0.5) is 11.4 Å². The van der Waals surface area contributed by atoms with E-state index in [4.69, 9.17) is 5.11 Å². The second kappa shape index (κ2) is 6.55. The van der Waals surface area contributed by atoms with Gasteiger partial charge in [-0.05, 0) is 32.3 Å². The van der Waals surface area contributed by atoms with Crippen molar-refractivity contribution in [1.29, 1.82) is 0 Å². The lowest BCUT2D eigenvalue weighted by Gasteiger charge is -2.25. The fourth-order valence-electron chi connectivity index (χ4n) is 2.84. The number of nitro benzene ring substituents is 1. The zero-order valence-electron chi connectivity index (χ0n) is 12.2. The summed E-state index contributed by atoms with van der Waals surface area (Å²) in [6, 6.07) is 4.51. The molecule has 2 rings (SSSR count). The van der Waals surface area contributed by atoms with Gasteiger partial charge in [0.1, 0.15) is 0 Å². The zero-order valence-corrected chi connectivity index (χ0v) is 12.2. The Bertz CT molecular complexity index is 614. The first kappa shape index (κ1) is 15.9. The minimum Gasteiger partial charge on any atom is -0.481 e. The van der Waals surface area contributed by atoms with Crippen molar-refractivity contribution in [2.24, 2.45) is 11.8 Å². The molecular formula is C15H18N2O5. The monoisotopic (exact) mass is 306 g/mol. The number of benzene rings is 1. The van der Waals surface area contributed by atoms with Crippen molar-refractivity contribution in [3.63, 3.8) is 0 Å². The smallest absolute Gasteiger partial charge is 0.306 e. The number of anilines is 1. The van der Waals surface area contributed by atoms with Crippen molar-refractivity contribution in [1.82, 2.24) is 0 Å². The highest BCUT2D eigenvalue weighted by molar-refractivity contribution is 5.94. The summed E-state index contributed by atoms with van der Waals surface area (Å²) in [5, 5.41) is 22.7. The Balaban J connectivity index is 2.10. The maximum absolute atomic E-state index is 12.3. The third-order valence-electron chi connectivity index (χ3n) is 4.15. The van der Waals surface area contributed by atoms with Crippen molar-refractivity contribution in [2.75, 3.05) is 5.32 Å². The van der Waals surface area contributed by atoms with E-state index in [2.05, 4.69) is 5.32 Å². The number of hydrogen-bond acceptors (Lipinski definition) is 4. The summed E-state index contributed by atoms with van der Waals surface area (Å²) < 4.78 is 0. The van der Waals surface area contributed by atoms with E-state index in [1.165, 1.54) is 12.1 Å². The summed E-state index contributed by atoms with van der Waals surface area (Å²) in [6.45, 7) is 1.58. The summed E-state index contributed by atoms with van der Waals surface area (Å²) in [5.41, 5.74) is 0.743. The number of carboxylic acids is 1. The third kappa shape index (κ3) is 3.41. The van der Waals surface area contributed by atoms with Crippen molar-refractivity contribution in [3.05, 3.63) is 33.9 Å². The molecule has 1 saturated carbocycles. The van der Waals surface area contributed by atoms with Crippen LogP contribution in [0.2, 0.25) is 0 Å². The topological polar surface area (TPSA) is 110 Å². The number of rotatable bonds is 4. The van der Waals surface area contributed by atoms with Crippen LogP contribution in [0.25, 0.3) is 0 Å². The molecule has 1 aromatic carbocycles. The molecule has 0 aromatic heterocycles. The summed E-state index contributed by atoms with van der Waals surface area (Å²) in [5.74, 6) is -2.00. The van der Waals surface area contributed by atoms with Gasteiger partial charge in [-0.2, -0.15) is 0 Å². The first-order valence-corrected chi connectivity index (χ1v) is 7.17. The second-order valence-electron chi connectivity index (χ2n) is 5.59. The number of hydrogen-bond donors (Lipinski definition) is 2. The molecule has 1 fully saturated rings. The van der Waals surface area contributed by atoms with Crippen LogP contribution in [-0.2, 0) is 9.59 Å². The summed E-state index contributed by atoms with van der Waals surface area (Å²) in [4.78, 5) is 33.8. The minimum absolute atomic E-state index is 0.0511. The Morgan fingerprint density at radius 3 is 2.64 bits per heavy atom. The molecule has 1 aliphatic rings. The maximum Gasteiger partial charge on any atom is 0.306 e. The van der Waals surface area contributed by atoms with Gasteiger partial charge in [-0.3, -0.25) is 19.7 Å². The molecule has 7 nitrogen and oxygen atoms in total. The average Bonchev–Trinajstić information content (AvgIpc) is 2.49. The van der Waals surface area contributed by atoms with Crippen LogP contribution >= 0.6 is 0 Å². The highest BCUT2D eigenvalue weighted by Gasteiger charge is 2.31. The van der Waals surface area contributed by atoms with Crippen LogP contribution in [0, 0.1) is 28.9 Å². The lowest BCUT2D eigenvalue weighted by molar-refractivity contribution is -0.385. The predicted octanol–water partition coefficient (Wildman–Crippen LogP) is 2.73. The number of carbonyl (C=O) groups excluding carboxylic acids is 1. The van der Waals surface area contributed by atoms with E-state index in [1.54, 1.807) is 13.0 Å². The Morgan fingerprint density at radius 2 is 2.00 bits per heavy atom. The van der Waals surface area contributed by atoms with Gasteiger partial charge in [0.15, 0.2) is 0 Å². The number of nitro groups is 1. The standard InChI is InChI=1S/C15H18N2O5/c1-9-12(6-3-7-13(9)17(21)22)16-14(18)10-4-2-5-11(8-10)15(19)20/h3,6-7,10-11H,2,4-5,8H2,1H3,(H,16,18)(H,19,20). The first-order chi connectivity index (χ1) is 10.4. The van der Waals surface area contributed by atoms with E-state index in [-0.39, 0.29) is 17.5 Å². The van der Waals surface area contributed by atoms with E-state index in [1.807, 2.05) is 0 Å². The molecule has 2 atom stereocenters. The molecule has 1 aliphatic carbocycles. The van der Waals surface area contributed by atoms with Crippen LogP contribution in [0.15, 0.2) is 18.2 Å². The Kier molecular flexibility index (Phi) is 4.75. The average molecular weight is 306 g/mol. The van der Waals surface area contributed by atoms with Crippen molar-refractivity contribution in [3.8, 4) is 0 Å². The van der Waals surface area contributed by atoms with Gasteiger partial charge in [-0.25, -0.2) is 0 Å². The Morgan fingerprint density at radius 1 is 1.32 bits per heavy atom. The third-order valence-corrected chi connectivity index (χ3v) is 4.15. The van der Waals surface area contributed by atoms with Gasteiger partial charge < -0.3 is 10.4 Å². The highest BCUT2D eigenvalue weighted by atomic mass is 16.6. The van der Waals surface area contributed by atoms with Crippen LogP contribution in [-0.4, -0.2) is 21.9 Å². The second-order valence-corrected chi connectivity index (χ2v) is 5.59. The summed E-state index contributed by atoms with van der Waals surface area (Å²) in [6.07, 6.45) is 2.25. The summed E-state index contributed by atoms with van der Waals surface area (Å²) in [7, 11) is 0. The van der Waals surface area contributed by atoms with E-state index in [9.17, 15) is 19.7 Å². The number of carboxylic acid groups (broad SMARTS) is 1. The maximum atomic E-state index is 12.3. The van der Waals surface area contributed by atoms with Gasteiger partial charge in [-0.15, -0.1) is 0 Å². The van der Waals surface area contributed by atoms with Crippen LogP contribution in [0.1, 0.15) is 31.2 Å². The first-order valence-electron chi connectivity index (χ1n) is 7.17.